The van der Waals surface area contributed by atoms with Crippen molar-refractivity contribution in [3.05, 3.63) is 29.8 Å². The summed E-state index contributed by atoms with van der Waals surface area (Å²) >= 11 is 0. The summed E-state index contributed by atoms with van der Waals surface area (Å²) < 4.78 is 5.50. The molecule has 0 saturated carbocycles. The minimum Gasteiger partial charge on any atom is -0.489 e. The number of benzene rings is 1. The van der Waals surface area contributed by atoms with E-state index in [4.69, 9.17) is 10.00 Å². The standard InChI is InChI=1S/C16H24N2O2/c1-12(16(2,3)4)18-10-14(19)11-20-15-8-6-5-7-13(15)9-17/h5-8,12,14,18-19H,10-11H2,1-4H3. The Labute approximate surface area is 121 Å². The fourth-order valence-corrected chi connectivity index (χ4v) is 1.55. The molecule has 0 spiro atoms. The third-order valence-electron chi connectivity index (χ3n) is 3.40. The molecule has 0 fully saturated rings. The average Bonchev–Trinajstić information content (AvgIpc) is 2.41. The smallest absolute Gasteiger partial charge is 0.137 e. The number of para-hydroxylation sites is 1. The van der Waals surface area contributed by atoms with Gasteiger partial charge in [0.25, 0.3) is 0 Å². The maximum atomic E-state index is 9.92. The Morgan fingerprint density at radius 3 is 2.60 bits per heavy atom. The van der Waals surface area contributed by atoms with Crippen LogP contribution in [0.3, 0.4) is 0 Å². The van der Waals surface area contributed by atoms with Gasteiger partial charge in [0.05, 0.1) is 5.56 Å². The molecular formula is C16H24N2O2. The number of nitrogens with one attached hydrogen (secondary N) is 1. The molecule has 0 amide bonds. The Morgan fingerprint density at radius 1 is 1.35 bits per heavy atom. The van der Waals surface area contributed by atoms with Crippen molar-refractivity contribution in [1.29, 1.82) is 5.26 Å². The van der Waals surface area contributed by atoms with Gasteiger partial charge in [0.2, 0.25) is 0 Å². The number of aliphatic hydroxyl groups is 1. The lowest BCUT2D eigenvalue weighted by Crippen LogP contribution is -2.42. The Bertz CT molecular complexity index is 460. The van der Waals surface area contributed by atoms with Gasteiger partial charge in [0.1, 0.15) is 24.5 Å². The summed E-state index contributed by atoms with van der Waals surface area (Å²) in [5.41, 5.74) is 0.629. The number of hydrogen-bond donors (Lipinski definition) is 2. The van der Waals surface area contributed by atoms with Crippen molar-refractivity contribution in [3.63, 3.8) is 0 Å². The third kappa shape index (κ3) is 5.20. The fraction of sp³-hybridized carbons (Fsp3) is 0.562. The van der Waals surface area contributed by atoms with Crippen LogP contribution >= 0.6 is 0 Å². The topological polar surface area (TPSA) is 65.3 Å². The number of hydrogen-bond acceptors (Lipinski definition) is 4. The molecule has 0 aliphatic rings. The fourth-order valence-electron chi connectivity index (χ4n) is 1.55. The molecule has 0 aromatic heterocycles. The lowest BCUT2D eigenvalue weighted by molar-refractivity contribution is 0.0985. The van der Waals surface area contributed by atoms with Crippen LogP contribution in [0.15, 0.2) is 24.3 Å². The van der Waals surface area contributed by atoms with Crippen molar-refractivity contribution in [2.75, 3.05) is 13.2 Å². The van der Waals surface area contributed by atoms with E-state index in [1.54, 1.807) is 18.2 Å². The Morgan fingerprint density at radius 2 is 2.00 bits per heavy atom. The van der Waals surface area contributed by atoms with Crippen molar-refractivity contribution in [2.24, 2.45) is 5.41 Å². The van der Waals surface area contributed by atoms with Gasteiger partial charge in [-0.3, -0.25) is 0 Å². The number of nitrogens with zero attached hydrogens (tertiary/aromatic N) is 1. The maximum absolute atomic E-state index is 9.92. The van der Waals surface area contributed by atoms with Crippen LogP contribution in [0.2, 0.25) is 0 Å². The van der Waals surface area contributed by atoms with Crippen LogP contribution in [0, 0.1) is 16.7 Å². The molecular weight excluding hydrogens is 252 g/mol. The molecule has 4 nitrogen and oxygen atoms in total. The van der Waals surface area contributed by atoms with E-state index >= 15 is 0 Å². The summed E-state index contributed by atoms with van der Waals surface area (Å²) in [6.07, 6.45) is -0.605. The summed E-state index contributed by atoms with van der Waals surface area (Å²) in [6, 6.07) is 9.38. The number of ether oxygens (including phenoxy) is 1. The third-order valence-corrected chi connectivity index (χ3v) is 3.40. The highest BCUT2D eigenvalue weighted by Gasteiger charge is 2.20. The predicted molar refractivity (Wildman–Crippen MR) is 79.6 cm³/mol. The monoisotopic (exact) mass is 276 g/mol. The van der Waals surface area contributed by atoms with Crippen molar-refractivity contribution in [2.45, 2.75) is 39.8 Å². The molecule has 1 rings (SSSR count). The van der Waals surface area contributed by atoms with Crippen LogP contribution in [0.4, 0.5) is 0 Å². The van der Waals surface area contributed by atoms with Crippen molar-refractivity contribution in [1.82, 2.24) is 5.32 Å². The summed E-state index contributed by atoms with van der Waals surface area (Å²) in [7, 11) is 0. The van der Waals surface area contributed by atoms with E-state index in [1.807, 2.05) is 6.07 Å². The van der Waals surface area contributed by atoms with Crippen LogP contribution in [0.1, 0.15) is 33.3 Å². The van der Waals surface area contributed by atoms with Gasteiger partial charge in [-0.05, 0) is 24.5 Å². The Balaban J connectivity index is 2.41. The zero-order chi connectivity index (χ0) is 15.2. The SMILES string of the molecule is CC(NCC(O)COc1ccccc1C#N)C(C)(C)C. The van der Waals surface area contributed by atoms with E-state index in [2.05, 4.69) is 39.1 Å². The van der Waals surface area contributed by atoms with E-state index in [0.717, 1.165) is 0 Å². The molecule has 0 bridgehead atoms. The number of rotatable bonds is 6. The van der Waals surface area contributed by atoms with Crippen LogP contribution in [-0.2, 0) is 0 Å². The molecule has 2 N–H and O–H groups in total. The predicted octanol–water partition coefficient (Wildman–Crippen LogP) is 2.32. The highest BCUT2D eigenvalue weighted by atomic mass is 16.5. The summed E-state index contributed by atoms with van der Waals surface area (Å²) in [4.78, 5) is 0. The van der Waals surface area contributed by atoms with Crippen LogP contribution < -0.4 is 10.1 Å². The lowest BCUT2D eigenvalue weighted by atomic mass is 9.88. The molecule has 0 aliphatic heterocycles. The largest absolute Gasteiger partial charge is 0.489 e. The normalized spacial score (nSPS) is 14.4. The van der Waals surface area contributed by atoms with Crippen LogP contribution in [0.5, 0.6) is 5.75 Å². The quantitative estimate of drug-likeness (QED) is 0.837. The number of nitriles is 1. The molecule has 20 heavy (non-hydrogen) atoms. The van der Waals surface area contributed by atoms with Gasteiger partial charge in [-0.15, -0.1) is 0 Å². The van der Waals surface area contributed by atoms with Gasteiger partial charge in [-0.25, -0.2) is 0 Å². The summed E-state index contributed by atoms with van der Waals surface area (Å²) in [5, 5.41) is 22.2. The molecule has 0 radical (unpaired) electrons. The van der Waals surface area contributed by atoms with Gasteiger partial charge in [-0.1, -0.05) is 32.9 Å². The van der Waals surface area contributed by atoms with Crippen LogP contribution in [0.25, 0.3) is 0 Å². The molecule has 0 saturated heterocycles. The highest BCUT2D eigenvalue weighted by Crippen LogP contribution is 2.19. The molecule has 0 heterocycles. The zero-order valence-corrected chi connectivity index (χ0v) is 12.7. The molecule has 2 atom stereocenters. The molecule has 1 aromatic rings. The van der Waals surface area contributed by atoms with Gasteiger partial charge in [0, 0.05) is 12.6 Å². The summed E-state index contributed by atoms with van der Waals surface area (Å²) in [5.74, 6) is 0.512. The van der Waals surface area contributed by atoms with Gasteiger partial charge < -0.3 is 15.2 Å². The second-order valence-electron chi connectivity index (χ2n) is 6.07. The van der Waals surface area contributed by atoms with Crippen molar-refractivity contribution in [3.8, 4) is 11.8 Å². The number of aliphatic hydroxyl groups excluding tert-OH is 1. The van der Waals surface area contributed by atoms with Gasteiger partial charge in [0.15, 0.2) is 0 Å². The molecule has 1 aromatic carbocycles. The zero-order valence-electron chi connectivity index (χ0n) is 12.7. The van der Waals surface area contributed by atoms with E-state index in [-0.39, 0.29) is 12.0 Å². The van der Waals surface area contributed by atoms with Crippen LogP contribution in [-0.4, -0.2) is 30.4 Å². The van der Waals surface area contributed by atoms with Crippen molar-refractivity contribution >= 4 is 0 Å². The second kappa shape index (κ2) is 7.28. The first-order chi connectivity index (χ1) is 9.34. The first-order valence-electron chi connectivity index (χ1n) is 6.88. The van der Waals surface area contributed by atoms with E-state index in [0.29, 0.717) is 23.9 Å². The van der Waals surface area contributed by atoms with Crippen molar-refractivity contribution < 1.29 is 9.84 Å². The molecule has 0 aliphatic carbocycles. The maximum Gasteiger partial charge on any atom is 0.137 e. The lowest BCUT2D eigenvalue weighted by Gasteiger charge is -2.29. The minimum atomic E-state index is -0.605. The van der Waals surface area contributed by atoms with E-state index in [9.17, 15) is 5.11 Å². The first kappa shape index (κ1) is 16.5. The van der Waals surface area contributed by atoms with E-state index in [1.165, 1.54) is 0 Å². The highest BCUT2D eigenvalue weighted by molar-refractivity contribution is 5.42. The second-order valence-corrected chi connectivity index (χ2v) is 6.07. The van der Waals surface area contributed by atoms with E-state index < -0.39 is 6.10 Å². The first-order valence-corrected chi connectivity index (χ1v) is 6.88. The Kier molecular flexibility index (Phi) is 6.00. The average molecular weight is 276 g/mol. The minimum absolute atomic E-state index is 0.147. The van der Waals surface area contributed by atoms with Gasteiger partial charge >= 0.3 is 0 Å². The summed E-state index contributed by atoms with van der Waals surface area (Å²) in [6.45, 7) is 9.18. The van der Waals surface area contributed by atoms with Gasteiger partial charge in [-0.2, -0.15) is 5.26 Å². The Hall–Kier alpha value is -1.57. The molecule has 4 heteroatoms. The molecule has 2 unspecified atom stereocenters. The molecule has 110 valence electrons.